The van der Waals surface area contributed by atoms with Gasteiger partial charge in [-0.25, -0.2) is 4.39 Å². The molecule has 3 aliphatic heterocycles. The van der Waals surface area contributed by atoms with E-state index in [1.54, 1.807) is 0 Å². The number of guanidine groups is 1. The second-order valence-corrected chi connectivity index (χ2v) is 8.59. The van der Waals surface area contributed by atoms with E-state index >= 15 is 0 Å². The van der Waals surface area contributed by atoms with Gasteiger partial charge in [0.2, 0.25) is 0 Å². The summed E-state index contributed by atoms with van der Waals surface area (Å²) in [5.74, 6) is 0.853. The van der Waals surface area contributed by atoms with Crippen molar-refractivity contribution in [3.8, 4) is 0 Å². The van der Waals surface area contributed by atoms with Gasteiger partial charge in [-0.3, -0.25) is 14.7 Å². The molecule has 4 rings (SSSR count). The number of ether oxygens (including phenoxy) is 1. The molecule has 3 fully saturated rings. The molecule has 1 unspecified atom stereocenters. The number of hydrogen-bond acceptors (Lipinski definition) is 5. The van der Waals surface area contributed by atoms with E-state index in [1.165, 1.54) is 12.1 Å². The van der Waals surface area contributed by atoms with Gasteiger partial charge in [-0.2, -0.15) is 0 Å². The standard InChI is InChI=1S/C23H35FN6O2.HI/c1-25-23(30-16-14-29(15-17-30)22(31)21-3-2-18-32-21)26-8-9-27-10-12-28(13-11-27)20-6-4-19(24)5-7-20;/h4-7,21H,2-3,8-18H2,1H3,(H,25,26);1H. The van der Waals surface area contributed by atoms with Gasteiger partial charge >= 0.3 is 0 Å². The van der Waals surface area contributed by atoms with Crippen molar-refractivity contribution in [1.82, 2.24) is 20.0 Å². The summed E-state index contributed by atoms with van der Waals surface area (Å²) in [7, 11) is 1.81. The summed E-state index contributed by atoms with van der Waals surface area (Å²) >= 11 is 0. The van der Waals surface area contributed by atoms with Gasteiger partial charge in [-0.05, 0) is 37.1 Å². The number of amides is 1. The first-order chi connectivity index (χ1) is 15.6. The minimum absolute atomic E-state index is 0. The van der Waals surface area contributed by atoms with E-state index in [1.807, 2.05) is 24.1 Å². The van der Waals surface area contributed by atoms with E-state index in [0.717, 1.165) is 76.8 Å². The summed E-state index contributed by atoms with van der Waals surface area (Å²) < 4.78 is 18.7. The molecule has 1 aromatic rings. The summed E-state index contributed by atoms with van der Waals surface area (Å²) in [6.07, 6.45) is 1.59. The zero-order valence-corrected chi connectivity index (χ0v) is 21.7. The molecule has 184 valence electrons. The van der Waals surface area contributed by atoms with Crippen LogP contribution in [0.2, 0.25) is 0 Å². The van der Waals surface area contributed by atoms with Crippen LogP contribution < -0.4 is 10.2 Å². The Labute approximate surface area is 213 Å². The van der Waals surface area contributed by atoms with Crippen molar-refractivity contribution in [2.75, 3.05) is 84.0 Å². The molecule has 1 atom stereocenters. The number of carbonyl (C=O) groups is 1. The van der Waals surface area contributed by atoms with E-state index in [4.69, 9.17) is 4.74 Å². The monoisotopic (exact) mass is 574 g/mol. The second-order valence-electron chi connectivity index (χ2n) is 8.59. The molecule has 3 heterocycles. The average Bonchev–Trinajstić information content (AvgIpc) is 3.38. The predicted molar refractivity (Wildman–Crippen MR) is 139 cm³/mol. The number of anilines is 1. The van der Waals surface area contributed by atoms with Gasteiger partial charge in [0, 0.05) is 84.8 Å². The van der Waals surface area contributed by atoms with Crippen LogP contribution in [0.15, 0.2) is 29.3 Å². The van der Waals surface area contributed by atoms with Crippen molar-refractivity contribution in [1.29, 1.82) is 0 Å². The van der Waals surface area contributed by atoms with Gasteiger partial charge in [0.25, 0.3) is 5.91 Å². The molecule has 33 heavy (non-hydrogen) atoms. The molecule has 0 spiro atoms. The largest absolute Gasteiger partial charge is 0.369 e. The molecule has 8 nitrogen and oxygen atoms in total. The maximum atomic E-state index is 13.1. The number of carbonyl (C=O) groups excluding carboxylic acids is 1. The molecule has 0 saturated carbocycles. The molecule has 1 N–H and O–H groups in total. The van der Waals surface area contributed by atoms with Crippen molar-refractivity contribution in [2.24, 2.45) is 4.99 Å². The zero-order chi connectivity index (χ0) is 22.3. The lowest BCUT2D eigenvalue weighted by atomic mass is 10.2. The normalized spacial score (nSPS) is 22.3. The fraction of sp³-hybridized carbons (Fsp3) is 0.652. The van der Waals surface area contributed by atoms with Crippen molar-refractivity contribution < 1.29 is 13.9 Å². The lowest BCUT2D eigenvalue weighted by Crippen LogP contribution is -2.56. The Morgan fingerprint density at radius 3 is 2.33 bits per heavy atom. The highest BCUT2D eigenvalue weighted by atomic mass is 127. The average molecular weight is 574 g/mol. The van der Waals surface area contributed by atoms with E-state index in [-0.39, 0.29) is 41.8 Å². The van der Waals surface area contributed by atoms with Gasteiger partial charge < -0.3 is 24.8 Å². The summed E-state index contributed by atoms with van der Waals surface area (Å²) in [4.78, 5) is 25.9. The van der Waals surface area contributed by atoms with E-state index < -0.39 is 0 Å². The lowest BCUT2D eigenvalue weighted by molar-refractivity contribution is -0.142. The first-order valence-corrected chi connectivity index (χ1v) is 11.7. The number of piperazine rings is 2. The molecule has 3 aliphatic rings. The minimum Gasteiger partial charge on any atom is -0.369 e. The fourth-order valence-corrected chi connectivity index (χ4v) is 4.65. The summed E-state index contributed by atoms with van der Waals surface area (Å²) in [5, 5.41) is 3.49. The first kappa shape index (κ1) is 26.0. The van der Waals surface area contributed by atoms with Crippen LogP contribution in [0.4, 0.5) is 10.1 Å². The molecule has 3 saturated heterocycles. The Hall–Kier alpha value is -1.66. The van der Waals surface area contributed by atoms with E-state index in [9.17, 15) is 9.18 Å². The van der Waals surface area contributed by atoms with Gasteiger partial charge in [0.15, 0.2) is 5.96 Å². The quantitative estimate of drug-likeness (QED) is 0.327. The highest BCUT2D eigenvalue weighted by Crippen LogP contribution is 2.17. The fourth-order valence-electron chi connectivity index (χ4n) is 4.65. The highest BCUT2D eigenvalue weighted by Gasteiger charge is 2.31. The summed E-state index contributed by atoms with van der Waals surface area (Å²) in [6.45, 7) is 9.35. The number of halogens is 2. The molecule has 1 amide bonds. The second kappa shape index (κ2) is 12.7. The molecule has 0 bridgehead atoms. The topological polar surface area (TPSA) is 63.7 Å². The number of nitrogens with zero attached hydrogens (tertiary/aromatic N) is 5. The van der Waals surface area contributed by atoms with Crippen LogP contribution in [0.1, 0.15) is 12.8 Å². The van der Waals surface area contributed by atoms with Crippen molar-refractivity contribution >= 4 is 41.5 Å². The Morgan fingerprint density at radius 1 is 1.06 bits per heavy atom. The van der Waals surface area contributed by atoms with Crippen molar-refractivity contribution in [3.05, 3.63) is 30.1 Å². The summed E-state index contributed by atoms with van der Waals surface area (Å²) in [5.41, 5.74) is 1.08. The molecule has 10 heteroatoms. The molecule has 0 aliphatic carbocycles. The minimum atomic E-state index is -0.234. The van der Waals surface area contributed by atoms with Crippen molar-refractivity contribution in [2.45, 2.75) is 18.9 Å². The van der Waals surface area contributed by atoms with E-state index in [2.05, 4.69) is 25.0 Å². The van der Waals surface area contributed by atoms with Gasteiger partial charge in [-0.1, -0.05) is 0 Å². The summed E-state index contributed by atoms with van der Waals surface area (Å²) in [6, 6.07) is 6.75. The van der Waals surface area contributed by atoms with Gasteiger partial charge in [0.1, 0.15) is 11.9 Å². The number of benzene rings is 1. The SMILES string of the molecule is CN=C(NCCN1CCN(c2ccc(F)cc2)CC1)N1CCN(C(=O)C2CCCO2)CC1.I. The van der Waals surface area contributed by atoms with Crippen molar-refractivity contribution in [3.63, 3.8) is 0 Å². The highest BCUT2D eigenvalue weighted by molar-refractivity contribution is 14.0. The van der Waals surface area contributed by atoms with Crippen LogP contribution >= 0.6 is 24.0 Å². The maximum absolute atomic E-state index is 13.1. The molecule has 0 aromatic heterocycles. The molecule has 0 radical (unpaired) electrons. The smallest absolute Gasteiger partial charge is 0.251 e. The maximum Gasteiger partial charge on any atom is 0.251 e. The third kappa shape index (κ3) is 6.92. The van der Waals surface area contributed by atoms with Crippen LogP contribution in [-0.2, 0) is 9.53 Å². The Bertz CT molecular complexity index is 774. The first-order valence-electron chi connectivity index (χ1n) is 11.7. The number of hydrogen-bond donors (Lipinski definition) is 1. The molecular weight excluding hydrogens is 538 g/mol. The Kier molecular flexibility index (Phi) is 9.99. The lowest BCUT2D eigenvalue weighted by Gasteiger charge is -2.38. The van der Waals surface area contributed by atoms with Gasteiger partial charge in [-0.15, -0.1) is 24.0 Å². The third-order valence-electron chi connectivity index (χ3n) is 6.58. The Morgan fingerprint density at radius 2 is 1.73 bits per heavy atom. The van der Waals surface area contributed by atoms with Crippen LogP contribution in [0.5, 0.6) is 0 Å². The Balaban J connectivity index is 0.00000306. The number of rotatable bonds is 5. The van der Waals surface area contributed by atoms with Crippen LogP contribution in [0.3, 0.4) is 0 Å². The zero-order valence-electron chi connectivity index (χ0n) is 19.4. The third-order valence-corrected chi connectivity index (χ3v) is 6.58. The predicted octanol–water partition coefficient (Wildman–Crippen LogP) is 1.46. The van der Waals surface area contributed by atoms with Gasteiger partial charge in [0.05, 0.1) is 0 Å². The molecule has 1 aromatic carbocycles. The number of aliphatic imine (C=N–C) groups is 1. The van der Waals surface area contributed by atoms with E-state index in [0.29, 0.717) is 19.7 Å². The number of nitrogens with one attached hydrogen (secondary N) is 1. The van der Waals surface area contributed by atoms with Crippen LogP contribution in [0.25, 0.3) is 0 Å². The molecular formula is C23H36FIN6O2. The van der Waals surface area contributed by atoms with Crippen LogP contribution in [0, 0.1) is 5.82 Å². The van der Waals surface area contributed by atoms with Crippen LogP contribution in [-0.4, -0.2) is 112 Å².